The van der Waals surface area contributed by atoms with Gasteiger partial charge in [0.15, 0.2) is 10.7 Å². The van der Waals surface area contributed by atoms with E-state index in [2.05, 4.69) is 16.2 Å². The van der Waals surface area contributed by atoms with E-state index in [1.54, 1.807) is 0 Å². The molecule has 90 valence electrons. The summed E-state index contributed by atoms with van der Waals surface area (Å²) in [4.78, 5) is 26.0. The minimum atomic E-state index is -1.14. The molecule has 6 heteroatoms. The van der Waals surface area contributed by atoms with Gasteiger partial charge in [0.2, 0.25) is 0 Å². The van der Waals surface area contributed by atoms with Crippen molar-refractivity contribution < 1.29 is 14.7 Å². The first kappa shape index (κ1) is 13.2. The van der Waals surface area contributed by atoms with Gasteiger partial charge in [-0.2, -0.15) is 0 Å². The standard InChI is InChI=1S/C11H12N2O3S/c1-3-5-7(4-2)12-9(14)10-13-8(6-17-10)11(15)16/h1,6-7H,4-5H2,2H3,(H,12,14)(H,15,16). The summed E-state index contributed by atoms with van der Waals surface area (Å²) in [6, 6.07) is -0.107. The maximum atomic E-state index is 11.7. The van der Waals surface area contributed by atoms with Crippen molar-refractivity contribution in [3.63, 3.8) is 0 Å². The minimum Gasteiger partial charge on any atom is -0.476 e. The largest absolute Gasteiger partial charge is 0.476 e. The number of hydrogen-bond acceptors (Lipinski definition) is 4. The summed E-state index contributed by atoms with van der Waals surface area (Å²) in [7, 11) is 0. The number of carbonyl (C=O) groups is 2. The second-order valence-electron chi connectivity index (χ2n) is 3.33. The Labute approximate surface area is 103 Å². The zero-order valence-electron chi connectivity index (χ0n) is 9.27. The summed E-state index contributed by atoms with van der Waals surface area (Å²) >= 11 is 1.00. The molecule has 1 rings (SSSR count). The molecule has 0 radical (unpaired) electrons. The Balaban J connectivity index is 2.69. The van der Waals surface area contributed by atoms with Crippen molar-refractivity contribution in [1.82, 2.24) is 10.3 Å². The Morgan fingerprint density at radius 3 is 2.88 bits per heavy atom. The molecule has 0 aliphatic heterocycles. The van der Waals surface area contributed by atoms with Gasteiger partial charge in [0.05, 0.1) is 0 Å². The fraction of sp³-hybridized carbons (Fsp3) is 0.364. The Bertz CT molecular complexity index is 462. The Hall–Kier alpha value is -1.87. The van der Waals surface area contributed by atoms with Gasteiger partial charge in [-0.25, -0.2) is 9.78 Å². The van der Waals surface area contributed by atoms with Crippen molar-refractivity contribution in [1.29, 1.82) is 0 Å². The first-order valence-electron chi connectivity index (χ1n) is 5.01. The number of nitrogens with zero attached hydrogens (tertiary/aromatic N) is 1. The fourth-order valence-electron chi connectivity index (χ4n) is 1.16. The van der Waals surface area contributed by atoms with E-state index in [1.165, 1.54) is 5.38 Å². The van der Waals surface area contributed by atoms with Gasteiger partial charge in [-0.15, -0.1) is 23.7 Å². The Kier molecular flexibility index (Phi) is 4.67. The highest BCUT2D eigenvalue weighted by atomic mass is 32.1. The van der Waals surface area contributed by atoms with Crippen molar-refractivity contribution in [2.75, 3.05) is 0 Å². The normalized spacial score (nSPS) is 11.5. The van der Waals surface area contributed by atoms with Gasteiger partial charge in [-0.3, -0.25) is 4.79 Å². The quantitative estimate of drug-likeness (QED) is 0.776. The highest BCUT2D eigenvalue weighted by Crippen LogP contribution is 2.10. The summed E-state index contributed by atoms with van der Waals surface area (Å²) in [6.45, 7) is 1.91. The van der Waals surface area contributed by atoms with E-state index in [9.17, 15) is 9.59 Å². The third kappa shape index (κ3) is 3.57. The van der Waals surface area contributed by atoms with Gasteiger partial charge in [-0.1, -0.05) is 6.92 Å². The van der Waals surface area contributed by atoms with E-state index in [0.717, 1.165) is 11.3 Å². The molecule has 1 atom stereocenters. The van der Waals surface area contributed by atoms with Crippen molar-refractivity contribution >= 4 is 23.2 Å². The molecule has 17 heavy (non-hydrogen) atoms. The number of thiazole rings is 1. The van der Waals surface area contributed by atoms with Crippen LogP contribution in [0.25, 0.3) is 0 Å². The molecular formula is C11H12N2O3S. The van der Waals surface area contributed by atoms with Crippen LogP contribution in [0.3, 0.4) is 0 Å². The molecule has 1 heterocycles. The van der Waals surface area contributed by atoms with E-state index in [1.807, 2.05) is 6.92 Å². The van der Waals surface area contributed by atoms with Gasteiger partial charge in [0.1, 0.15) is 0 Å². The second kappa shape index (κ2) is 6.01. The topological polar surface area (TPSA) is 79.3 Å². The third-order valence-corrected chi connectivity index (χ3v) is 2.95. The van der Waals surface area contributed by atoms with E-state index in [4.69, 9.17) is 11.5 Å². The third-order valence-electron chi connectivity index (χ3n) is 2.11. The molecule has 1 aromatic rings. The zero-order chi connectivity index (χ0) is 12.8. The van der Waals surface area contributed by atoms with Gasteiger partial charge in [-0.05, 0) is 6.42 Å². The van der Waals surface area contributed by atoms with E-state index < -0.39 is 5.97 Å². The van der Waals surface area contributed by atoms with Gasteiger partial charge in [0.25, 0.3) is 5.91 Å². The highest BCUT2D eigenvalue weighted by molar-refractivity contribution is 7.11. The average Bonchev–Trinajstić information content (AvgIpc) is 2.77. The van der Waals surface area contributed by atoms with Crippen LogP contribution < -0.4 is 5.32 Å². The molecule has 2 N–H and O–H groups in total. The lowest BCUT2D eigenvalue weighted by atomic mass is 10.1. The maximum absolute atomic E-state index is 11.7. The van der Waals surface area contributed by atoms with E-state index in [0.29, 0.717) is 12.8 Å². The van der Waals surface area contributed by atoms with Crippen LogP contribution in [-0.2, 0) is 0 Å². The van der Waals surface area contributed by atoms with Crippen LogP contribution in [0.1, 0.15) is 40.1 Å². The SMILES string of the molecule is C#CCC(CC)NC(=O)c1nc(C(=O)O)cs1. The molecule has 0 aliphatic rings. The molecule has 0 saturated carbocycles. The van der Waals surface area contributed by atoms with Crippen LogP contribution in [0, 0.1) is 12.3 Å². The monoisotopic (exact) mass is 252 g/mol. The molecule has 5 nitrogen and oxygen atoms in total. The Morgan fingerprint density at radius 2 is 2.41 bits per heavy atom. The second-order valence-corrected chi connectivity index (χ2v) is 4.19. The highest BCUT2D eigenvalue weighted by Gasteiger charge is 2.16. The molecule has 1 amide bonds. The van der Waals surface area contributed by atoms with Crippen LogP contribution in [0.4, 0.5) is 0 Å². The molecule has 1 aromatic heterocycles. The van der Waals surface area contributed by atoms with Crippen LogP contribution in [-0.4, -0.2) is 28.0 Å². The molecule has 0 saturated heterocycles. The summed E-state index contributed by atoms with van der Waals surface area (Å²) in [5, 5.41) is 12.9. The lowest BCUT2D eigenvalue weighted by Crippen LogP contribution is -2.34. The first-order valence-corrected chi connectivity index (χ1v) is 5.89. The molecule has 0 fully saturated rings. The minimum absolute atomic E-state index is 0.107. The Morgan fingerprint density at radius 1 is 1.71 bits per heavy atom. The number of nitrogens with one attached hydrogen (secondary N) is 1. The lowest BCUT2D eigenvalue weighted by Gasteiger charge is -2.12. The summed E-state index contributed by atoms with van der Waals surface area (Å²) in [5.41, 5.74) is -0.120. The van der Waals surface area contributed by atoms with Gasteiger partial charge < -0.3 is 10.4 Å². The molecule has 0 spiro atoms. The van der Waals surface area contributed by atoms with E-state index >= 15 is 0 Å². The van der Waals surface area contributed by atoms with Crippen LogP contribution in [0.5, 0.6) is 0 Å². The predicted molar refractivity (Wildman–Crippen MR) is 64.1 cm³/mol. The van der Waals surface area contributed by atoms with Crippen molar-refractivity contribution in [2.45, 2.75) is 25.8 Å². The number of carboxylic acid groups (broad SMARTS) is 1. The number of hydrogen-bond donors (Lipinski definition) is 2. The average molecular weight is 252 g/mol. The van der Waals surface area contributed by atoms with Gasteiger partial charge in [0, 0.05) is 17.8 Å². The number of amides is 1. The van der Waals surface area contributed by atoms with Crippen molar-refractivity contribution in [3.05, 3.63) is 16.1 Å². The first-order chi connectivity index (χ1) is 8.08. The molecule has 0 aromatic carbocycles. The number of aromatic nitrogens is 1. The molecular weight excluding hydrogens is 240 g/mol. The maximum Gasteiger partial charge on any atom is 0.355 e. The molecule has 1 unspecified atom stereocenters. The molecule has 0 aliphatic carbocycles. The van der Waals surface area contributed by atoms with E-state index in [-0.39, 0.29) is 22.7 Å². The van der Waals surface area contributed by atoms with Crippen LogP contribution in [0.2, 0.25) is 0 Å². The number of rotatable bonds is 5. The van der Waals surface area contributed by atoms with Crippen LogP contribution in [0.15, 0.2) is 5.38 Å². The van der Waals surface area contributed by atoms with Crippen LogP contribution >= 0.6 is 11.3 Å². The number of carboxylic acids is 1. The summed E-state index contributed by atoms with van der Waals surface area (Å²) in [6.07, 6.45) is 6.33. The fourth-order valence-corrected chi connectivity index (χ4v) is 1.86. The summed E-state index contributed by atoms with van der Waals surface area (Å²) in [5.74, 6) is 0.946. The van der Waals surface area contributed by atoms with Gasteiger partial charge >= 0.3 is 5.97 Å². The number of terminal acetylenes is 1. The van der Waals surface area contributed by atoms with Crippen molar-refractivity contribution in [2.24, 2.45) is 0 Å². The number of aromatic carboxylic acids is 1. The smallest absolute Gasteiger partial charge is 0.355 e. The summed E-state index contributed by atoms with van der Waals surface area (Å²) < 4.78 is 0. The van der Waals surface area contributed by atoms with Crippen molar-refractivity contribution in [3.8, 4) is 12.3 Å². The zero-order valence-corrected chi connectivity index (χ0v) is 10.1. The number of carbonyl (C=O) groups excluding carboxylic acids is 1. The predicted octanol–water partition coefficient (Wildman–Crippen LogP) is 1.37. The lowest BCUT2D eigenvalue weighted by molar-refractivity contribution is 0.0691. The molecule has 0 bridgehead atoms.